The Balaban J connectivity index is 1.26. The van der Waals surface area contributed by atoms with Crippen molar-refractivity contribution in [2.24, 2.45) is 5.92 Å². The van der Waals surface area contributed by atoms with E-state index in [1.54, 1.807) is 0 Å². The zero-order valence-corrected chi connectivity index (χ0v) is 14.5. The lowest BCUT2D eigenvalue weighted by atomic mass is 10.3. The highest BCUT2D eigenvalue weighted by atomic mass is 16.5. The molecule has 1 saturated carbocycles. The maximum atomic E-state index is 11.9. The van der Waals surface area contributed by atoms with Gasteiger partial charge in [0, 0.05) is 18.1 Å². The summed E-state index contributed by atoms with van der Waals surface area (Å²) in [6.07, 6.45) is 6.48. The van der Waals surface area contributed by atoms with E-state index in [1.807, 2.05) is 59.3 Å². The van der Waals surface area contributed by atoms with E-state index in [0.717, 1.165) is 35.2 Å². The summed E-state index contributed by atoms with van der Waals surface area (Å²) in [5.41, 5.74) is 2.54. The molecule has 6 heteroatoms. The molecule has 6 nitrogen and oxygen atoms in total. The molecule has 1 amide bonds. The summed E-state index contributed by atoms with van der Waals surface area (Å²) in [5, 5.41) is 6.06. The van der Waals surface area contributed by atoms with Gasteiger partial charge in [-0.2, -0.15) is 0 Å². The molecule has 0 unspecified atom stereocenters. The lowest BCUT2D eigenvalue weighted by molar-refractivity contribution is -0.115. The fourth-order valence-electron chi connectivity index (χ4n) is 2.77. The Morgan fingerprint density at radius 3 is 2.81 bits per heavy atom. The van der Waals surface area contributed by atoms with Crippen molar-refractivity contribution in [1.82, 2.24) is 14.7 Å². The first-order valence-corrected chi connectivity index (χ1v) is 8.92. The van der Waals surface area contributed by atoms with Crippen molar-refractivity contribution in [2.45, 2.75) is 19.4 Å². The van der Waals surface area contributed by atoms with E-state index in [0.29, 0.717) is 13.2 Å². The van der Waals surface area contributed by atoms with Gasteiger partial charge in [0.05, 0.1) is 12.2 Å². The number of fused-ring (bicyclic) bond motifs is 1. The molecule has 0 atom stereocenters. The molecule has 0 aliphatic heterocycles. The summed E-state index contributed by atoms with van der Waals surface area (Å²) in [5.74, 6) is 1.49. The van der Waals surface area contributed by atoms with E-state index in [2.05, 4.69) is 15.6 Å². The van der Waals surface area contributed by atoms with Crippen LogP contribution in [0.2, 0.25) is 0 Å². The van der Waals surface area contributed by atoms with Crippen LogP contribution in [0.3, 0.4) is 0 Å². The number of aromatic nitrogens is 2. The number of pyridine rings is 1. The van der Waals surface area contributed by atoms with Crippen molar-refractivity contribution in [3.63, 3.8) is 0 Å². The molecule has 0 spiro atoms. The summed E-state index contributed by atoms with van der Waals surface area (Å²) in [6, 6.07) is 13.3. The quantitative estimate of drug-likeness (QED) is 0.655. The van der Waals surface area contributed by atoms with Crippen molar-refractivity contribution in [3.8, 4) is 5.75 Å². The highest BCUT2D eigenvalue weighted by molar-refractivity contribution is 5.92. The molecule has 3 aromatic rings. The largest absolute Gasteiger partial charge is 0.487 e. The number of amides is 1. The Labute approximate surface area is 152 Å². The van der Waals surface area contributed by atoms with Gasteiger partial charge in [0.25, 0.3) is 0 Å². The van der Waals surface area contributed by atoms with Gasteiger partial charge in [0.15, 0.2) is 0 Å². The zero-order valence-electron chi connectivity index (χ0n) is 14.5. The number of nitrogens with one attached hydrogen (secondary N) is 2. The summed E-state index contributed by atoms with van der Waals surface area (Å²) in [4.78, 5) is 16.4. The molecule has 1 aromatic carbocycles. The molecule has 2 N–H and O–H groups in total. The molecule has 2 heterocycles. The summed E-state index contributed by atoms with van der Waals surface area (Å²) >= 11 is 0. The Hall–Kier alpha value is -2.86. The van der Waals surface area contributed by atoms with Gasteiger partial charge in [-0.15, -0.1) is 0 Å². The number of anilines is 1. The van der Waals surface area contributed by atoms with Gasteiger partial charge in [0.2, 0.25) is 5.91 Å². The molecule has 1 fully saturated rings. The fraction of sp³-hybridized carbons (Fsp3) is 0.300. The van der Waals surface area contributed by atoms with Gasteiger partial charge in [0.1, 0.15) is 18.0 Å². The minimum Gasteiger partial charge on any atom is -0.487 e. The van der Waals surface area contributed by atoms with Crippen LogP contribution in [0.25, 0.3) is 5.65 Å². The molecule has 26 heavy (non-hydrogen) atoms. The van der Waals surface area contributed by atoms with Crippen LogP contribution in [0, 0.1) is 5.92 Å². The molecule has 2 aromatic heterocycles. The molecule has 0 radical (unpaired) electrons. The van der Waals surface area contributed by atoms with Crippen molar-refractivity contribution >= 4 is 17.2 Å². The molecular formula is C20H22N4O2. The van der Waals surface area contributed by atoms with Gasteiger partial charge in [-0.25, -0.2) is 4.98 Å². The summed E-state index contributed by atoms with van der Waals surface area (Å²) in [7, 11) is 0. The third-order valence-corrected chi connectivity index (χ3v) is 4.35. The van der Waals surface area contributed by atoms with Crippen LogP contribution in [0.4, 0.5) is 5.69 Å². The third-order valence-electron chi connectivity index (χ3n) is 4.35. The Kier molecular flexibility index (Phi) is 4.84. The maximum absolute atomic E-state index is 11.9. The van der Waals surface area contributed by atoms with Crippen LogP contribution >= 0.6 is 0 Å². The number of carbonyl (C=O) groups excluding carboxylic acids is 1. The molecule has 4 rings (SSSR count). The number of hydrogen-bond donors (Lipinski definition) is 2. The van der Waals surface area contributed by atoms with E-state index in [-0.39, 0.29) is 5.91 Å². The highest BCUT2D eigenvalue weighted by Crippen LogP contribution is 2.27. The first-order valence-electron chi connectivity index (χ1n) is 8.92. The zero-order chi connectivity index (χ0) is 17.8. The van der Waals surface area contributed by atoms with E-state index < -0.39 is 0 Å². The highest BCUT2D eigenvalue weighted by Gasteiger charge is 2.20. The number of nitrogens with zero attached hydrogens (tertiary/aromatic N) is 2. The van der Waals surface area contributed by atoms with Gasteiger partial charge < -0.3 is 19.8 Å². The predicted octanol–water partition coefficient (Wildman–Crippen LogP) is 2.85. The van der Waals surface area contributed by atoms with Gasteiger partial charge in [-0.05, 0) is 61.7 Å². The molecule has 0 bridgehead atoms. The van der Waals surface area contributed by atoms with Crippen LogP contribution in [-0.2, 0) is 11.4 Å². The van der Waals surface area contributed by atoms with Crippen LogP contribution in [0.1, 0.15) is 18.5 Å². The lowest BCUT2D eigenvalue weighted by Crippen LogP contribution is -2.29. The average molecular weight is 350 g/mol. The smallest absolute Gasteiger partial charge is 0.238 e. The first-order chi connectivity index (χ1) is 12.8. The van der Waals surface area contributed by atoms with Gasteiger partial charge in [-0.1, -0.05) is 6.07 Å². The molecule has 0 saturated heterocycles. The van der Waals surface area contributed by atoms with E-state index in [9.17, 15) is 4.79 Å². The fourth-order valence-corrected chi connectivity index (χ4v) is 2.77. The SMILES string of the molecule is O=C(CNCC1CC1)Nc1ccc(OCc2cn3ccccc3n2)cc1. The summed E-state index contributed by atoms with van der Waals surface area (Å²) in [6.45, 7) is 1.68. The third kappa shape index (κ3) is 4.40. The number of carbonyl (C=O) groups is 1. The second-order valence-electron chi connectivity index (χ2n) is 6.63. The maximum Gasteiger partial charge on any atom is 0.238 e. The summed E-state index contributed by atoms with van der Waals surface area (Å²) < 4.78 is 7.75. The lowest BCUT2D eigenvalue weighted by Gasteiger charge is -2.08. The second kappa shape index (κ2) is 7.58. The van der Waals surface area contributed by atoms with Crippen molar-refractivity contribution in [1.29, 1.82) is 0 Å². The van der Waals surface area contributed by atoms with Crippen LogP contribution in [0.15, 0.2) is 54.9 Å². The van der Waals surface area contributed by atoms with Crippen molar-refractivity contribution in [2.75, 3.05) is 18.4 Å². The molecule has 1 aliphatic rings. The second-order valence-corrected chi connectivity index (χ2v) is 6.63. The van der Waals surface area contributed by atoms with Gasteiger partial charge >= 0.3 is 0 Å². The minimum absolute atomic E-state index is 0.0241. The van der Waals surface area contributed by atoms with Crippen LogP contribution in [-0.4, -0.2) is 28.4 Å². The van der Waals surface area contributed by atoms with Crippen LogP contribution < -0.4 is 15.4 Å². The minimum atomic E-state index is -0.0241. The topological polar surface area (TPSA) is 67.7 Å². The first kappa shape index (κ1) is 16.6. The number of rotatable bonds is 8. The van der Waals surface area contributed by atoms with Crippen molar-refractivity contribution in [3.05, 3.63) is 60.6 Å². The van der Waals surface area contributed by atoms with Gasteiger partial charge in [-0.3, -0.25) is 4.79 Å². The normalized spacial score (nSPS) is 13.7. The Morgan fingerprint density at radius 1 is 1.19 bits per heavy atom. The van der Waals surface area contributed by atoms with E-state index in [4.69, 9.17) is 4.74 Å². The van der Waals surface area contributed by atoms with Crippen LogP contribution in [0.5, 0.6) is 5.75 Å². The molecule has 1 aliphatic carbocycles. The number of hydrogen-bond acceptors (Lipinski definition) is 4. The number of ether oxygens (including phenoxy) is 1. The average Bonchev–Trinajstić information content (AvgIpc) is 3.38. The monoisotopic (exact) mass is 350 g/mol. The number of imidazole rings is 1. The molecular weight excluding hydrogens is 328 g/mol. The standard InChI is InChI=1S/C20H22N4O2/c25-20(12-21-11-15-4-5-15)23-16-6-8-18(9-7-16)26-14-17-13-24-10-2-1-3-19(24)22-17/h1-3,6-10,13,15,21H,4-5,11-12,14H2,(H,23,25). The van der Waals surface area contributed by atoms with E-state index in [1.165, 1.54) is 12.8 Å². The Bertz CT molecular complexity index is 851. The Morgan fingerprint density at radius 2 is 2.04 bits per heavy atom. The molecule has 134 valence electrons. The van der Waals surface area contributed by atoms with Crippen molar-refractivity contribution < 1.29 is 9.53 Å². The van der Waals surface area contributed by atoms with E-state index >= 15 is 0 Å². The number of benzene rings is 1. The predicted molar refractivity (Wildman–Crippen MR) is 100 cm³/mol.